The van der Waals surface area contributed by atoms with E-state index in [1.807, 2.05) is 37.4 Å². The van der Waals surface area contributed by atoms with Gasteiger partial charge in [0.2, 0.25) is 0 Å². The van der Waals surface area contributed by atoms with E-state index >= 15 is 0 Å². The number of ether oxygens (including phenoxy) is 1. The van der Waals surface area contributed by atoms with Gasteiger partial charge in [0.05, 0.1) is 6.26 Å². The van der Waals surface area contributed by atoms with E-state index in [-0.39, 0.29) is 0 Å². The van der Waals surface area contributed by atoms with Gasteiger partial charge >= 0.3 is 0 Å². The second-order valence-electron chi connectivity index (χ2n) is 11.0. The standard InChI is InChI=1S/C43H49NO/c1-8-13-22-34(7)39-25-17-24-35(29-30-41(42-26-18-31-44-42)38(11-4)40(39)20-10-3)37-28-27-36(43(32-37)45-12-5)23-16-14-15-21-33(6)19-9-2/h8-13,15,17-22,24-26,28-33,36,44H,1,4-5,7,14,16,23,27H2,2-3,6H3/b19-9-,20-10-,21-15-,22-13-,24-17?,25-17?,30-29?,35-24?,35-29?,39-25?,40-38?,40-39?,41-30?,41-38?. The van der Waals surface area contributed by atoms with Crippen LogP contribution >= 0.6 is 0 Å². The quantitative estimate of drug-likeness (QED) is 0.0942. The maximum atomic E-state index is 6.00. The van der Waals surface area contributed by atoms with E-state index in [2.05, 4.69) is 130 Å². The molecule has 0 fully saturated rings. The van der Waals surface area contributed by atoms with Gasteiger partial charge in [0.15, 0.2) is 0 Å². The number of unbranched alkanes of at least 4 members (excludes halogenated alkanes) is 1. The highest BCUT2D eigenvalue weighted by atomic mass is 16.5. The normalized spacial score (nSPS) is 15.6. The van der Waals surface area contributed by atoms with E-state index in [4.69, 9.17) is 4.74 Å². The second kappa shape index (κ2) is 18.8. The molecule has 0 saturated carbocycles. The molecule has 0 amide bonds. The van der Waals surface area contributed by atoms with E-state index in [1.54, 1.807) is 12.3 Å². The molecule has 0 radical (unpaired) electrons. The smallest absolute Gasteiger partial charge is 0.107 e. The summed E-state index contributed by atoms with van der Waals surface area (Å²) in [6.45, 7) is 22.6. The van der Waals surface area contributed by atoms with Crippen LogP contribution in [0.3, 0.4) is 0 Å². The minimum atomic E-state index is 0.326. The number of H-pyrrole nitrogens is 1. The number of nitrogens with one attached hydrogen (secondary N) is 1. The molecule has 1 aliphatic rings. The Kier molecular flexibility index (Phi) is 14.5. The first-order valence-electron chi connectivity index (χ1n) is 15.9. The lowest BCUT2D eigenvalue weighted by Crippen LogP contribution is -2.09. The average molecular weight is 596 g/mol. The van der Waals surface area contributed by atoms with Gasteiger partial charge < -0.3 is 9.72 Å². The lowest BCUT2D eigenvalue weighted by Gasteiger charge is -2.23. The van der Waals surface area contributed by atoms with E-state index in [9.17, 15) is 0 Å². The maximum Gasteiger partial charge on any atom is 0.107 e. The molecule has 0 saturated heterocycles. The molecule has 1 N–H and O–H groups in total. The predicted molar refractivity (Wildman–Crippen MR) is 199 cm³/mol. The first-order chi connectivity index (χ1) is 22.0. The number of rotatable bonds is 15. The summed E-state index contributed by atoms with van der Waals surface area (Å²) < 4.78 is 6.00. The number of hydrogen-bond acceptors (Lipinski definition) is 1. The van der Waals surface area contributed by atoms with Crippen LogP contribution in [0, 0.1) is 11.8 Å². The molecule has 3 rings (SSSR count). The Balaban J connectivity index is 2.10. The van der Waals surface area contributed by atoms with Crippen LogP contribution in [0.5, 0.6) is 0 Å². The third-order valence-corrected chi connectivity index (χ3v) is 7.78. The molecule has 1 aliphatic carbocycles. The zero-order valence-corrected chi connectivity index (χ0v) is 27.3. The summed E-state index contributed by atoms with van der Waals surface area (Å²) in [4.78, 5) is 3.40. The van der Waals surface area contributed by atoms with Crippen molar-refractivity contribution in [2.24, 2.45) is 11.8 Å². The van der Waals surface area contributed by atoms with Crippen LogP contribution in [-0.2, 0) is 4.74 Å². The molecule has 2 heteroatoms. The zero-order chi connectivity index (χ0) is 32.4. The minimum Gasteiger partial charge on any atom is -0.470 e. The van der Waals surface area contributed by atoms with Crippen molar-refractivity contribution in [3.63, 3.8) is 0 Å². The Hall–Kier alpha value is -4.82. The Labute approximate surface area is 272 Å². The highest BCUT2D eigenvalue weighted by Gasteiger charge is 2.19. The molecule has 0 bridgehead atoms. The summed E-state index contributed by atoms with van der Waals surface area (Å²) >= 11 is 0. The average Bonchev–Trinajstić information content (AvgIpc) is 3.58. The SMILES string of the molecule is C=C/C=C\C(=C)c1cccc(C2=CCC(CCC/C=C\C(C)/C=C\C)C(OC=C)=C2)ccc(-c2ccc[nH]2)c(C=C)c1/C=C\C. The molecule has 2 unspecified atom stereocenters. The summed E-state index contributed by atoms with van der Waals surface area (Å²) in [6, 6.07) is 14.8. The Morgan fingerprint density at radius 1 is 1.02 bits per heavy atom. The molecule has 45 heavy (non-hydrogen) atoms. The van der Waals surface area contributed by atoms with Crippen LogP contribution in [0.4, 0.5) is 0 Å². The topological polar surface area (TPSA) is 25.0 Å². The molecule has 2 nitrogen and oxygen atoms in total. The van der Waals surface area contributed by atoms with Crippen molar-refractivity contribution in [2.75, 3.05) is 0 Å². The first kappa shape index (κ1) is 34.7. The van der Waals surface area contributed by atoms with Gasteiger partial charge in [-0.2, -0.15) is 0 Å². The molecule has 1 aromatic heterocycles. The largest absolute Gasteiger partial charge is 0.470 e. The van der Waals surface area contributed by atoms with Gasteiger partial charge in [0.1, 0.15) is 5.76 Å². The fourth-order valence-corrected chi connectivity index (χ4v) is 5.56. The van der Waals surface area contributed by atoms with E-state index in [1.165, 1.54) is 0 Å². The Bertz CT molecular complexity index is 1570. The van der Waals surface area contributed by atoms with E-state index in [0.29, 0.717) is 11.8 Å². The monoisotopic (exact) mass is 595 g/mol. The minimum absolute atomic E-state index is 0.326. The van der Waals surface area contributed by atoms with Crippen LogP contribution in [0.25, 0.3) is 34.6 Å². The number of aromatic amines is 1. The number of allylic oxidation sites excluding steroid dienone is 13. The molecular formula is C43H49NO. The third kappa shape index (κ3) is 10.1. The van der Waals surface area contributed by atoms with Gasteiger partial charge in [0, 0.05) is 23.4 Å². The lowest BCUT2D eigenvalue weighted by atomic mass is 9.87. The van der Waals surface area contributed by atoms with Crippen molar-refractivity contribution < 1.29 is 4.74 Å². The maximum absolute atomic E-state index is 6.00. The summed E-state index contributed by atoms with van der Waals surface area (Å²) in [5.74, 6) is 1.77. The highest BCUT2D eigenvalue weighted by molar-refractivity contribution is 5.86. The Morgan fingerprint density at radius 2 is 1.87 bits per heavy atom. The molecule has 2 atom stereocenters. The van der Waals surface area contributed by atoms with Crippen molar-refractivity contribution in [2.45, 2.75) is 46.5 Å². The van der Waals surface area contributed by atoms with Crippen molar-refractivity contribution >= 4 is 23.3 Å². The molecule has 0 spiro atoms. The fraction of sp³-hybridized carbons (Fsp3) is 0.209. The highest BCUT2D eigenvalue weighted by Crippen LogP contribution is 2.34. The Morgan fingerprint density at radius 3 is 2.56 bits per heavy atom. The van der Waals surface area contributed by atoms with Crippen LogP contribution in [0.2, 0.25) is 0 Å². The third-order valence-electron chi connectivity index (χ3n) is 7.78. The number of hydrogen-bond donors (Lipinski definition) is 1. The van der Waals surface area contributed by atoms with Crippen LogP contribution < -0.4 is 0 Å². The molecule has 2 aromatic rings. The van der Waals surface area contributed by atoms with Gasteiger partial charge in [-0.25, -0.2) is 0 Å². The van der Waals surface area contributed by atoms with E-state index in [0.717, 1.165) is 76.1 Å². The van der Waals surface area contributed by atoms with Gasteiger partial charge in [-0.05, 0) is 97.1 Å². The predicted octanol–water partition coefficient (Wildman–Crippen LogP) is 12.6. The van der Waals surface area contributed by atoms with E-state index < -0.39 is 0 Å². The molecular weight excluding hydrogens is 546 g/mol. The van der Waals surface area contributed by atoms with Crippen molar-refractivity contribution in [3.8, 4) is 11.3 Å². The summed E-state index contributed by atoms with van der Waals surface area (Å²) in [7, 11) is 0. The molecule has 0 aliphatic heterocycles. The molecule has 1 aromatic carbocycles. The van der Waals surface area contributed by atoms with Gasteiger partial charge in [-0.3, -0.25) is 0 Å². The second-order valence-corrected chi connectivity index (χ2v) is 11.0. The number of aromatic nitrogens is 1. The van der Waals surface area contributed by atoms with Crippen LogP contribution in [-0.4, -0.2) is 4.98 Å². The van der Waals surface area contributed by atoms with Crippen LogP contribution in [0.15, 0.2) is 148 Å². The van der Waals surface area contributed by atoms with Gasteiger partial charge in [-0.15, -0.1) is 0 Å². The van der Waals surface area contributed by atoms with Gasteiger partial charge in [-0.1, -0.05) is 130 Å². The summed E-state index contributed by atoms with van der Waals surface area (Å²) in [6.07, 6.45) is 32.8. The van der Waals surface area contributed by atoms with Gasteiger partial charge in [0.25, 0.3) is 0 Å². The molecule has 232 valence electrons. The molecule has 1 heterocycles. The first-order valence-corrected chi connectivity index (χ1v) is 15.9. The van der Waals surface area contributed by atoms with Crippen molar-refractivity contribution in [1.29, 1.82) is 0 Å². The van der Waals surface area contributed by atoms with Crippen LogP contribution in [0.1, 0.15) is 68.7 Å². The lowest BCUT2D eigenvalue weighted by molar-refractivity contribution is 0.278. The van der Waals surface area contributed by atoms with Crippen molar-refractivity contribution in [1.82, 2.24) is 4.98 Å². The zero-order valence-electron chi connectivity index (χ0n) is 27.3. The van der Waals surface area contributed by atoms with Crippen molar-refractivity contribution in [3.05, 3.63) is 170 Å². The fourth-order valence-electron chi connectivity index (χ4n) is 5.56. The summed E-state index contributed by atoms with van der Waals surface area (Å²) in [5.41, 5.74) is 8.21. The summed E-state index contributed by atoms with van der Waals surface area (Å²) in [5, 5.41) is 0.